The second-order valence-corrected chi connectivity index (χ2v) is 3.47. The summed E-state index contributed by atoms with van der Waals surface area (Å²) in [4.78, 5) is 0. The SMILES string of the molecule is CCc1nn(CC)c2c(OC)cccc12. The van der Waals surface area contributed by atoms with E-state index in [4.69, 9.17) is 4.74 Å². The van der Waals surface area contributed by atoms with Gasteiger partial charge in [-0.25, -0.2) is 0 Å². The molecule has 0 bridgehead atoms. The molecular weight excluding hydrogens is 188 g/mol. The van der Waals surface area contributed by atoms with Crippen molar-refractivity contribution >= 4 is 10.9 Å². The molecule has 1 aromatic carbocycles. The first-order valence-electron chi connectivity index (χ1n) is 5.34. The number of ether oxygens (including phenoxy) is 1. The third-order valence-electron chi connectivity index (χ3n) is 2.66. The van der Waals surface area contributed by atoms with Crippen LogP contribution in [0.3, 0.4) is 0 Å². The lowest BCUT2D eigenvalue weighted by atomic mass is 10.1. The molecule has 0 radical (unpaired) electrons. The van der Waals surface area contributed by atoms with Crippen LogP contribution in [0.5, 0.6) is 5.75 Å². The summed E-state index contributed by atoms with van der Waals surface area (Å²) in [5.41, 5.74) is 2.25. The van der Waals surface area contributed by atoms with Gasteiger partial charge in [-0.2, -0.15) is 5.10 Å². The van der Waals surface area contributed by atoms with Gasteiger partial charge in [-0.3, -0.25) is 4.68 Å². The van der Waals surface area contributed by atoms with Crippen molar-refractivity contribution in [3.8, 4) is 5.75 Å². The third-order valence-corrected chi connectivity index (χ3v) is 2.66. The number of fused-ring (bicyclic) bond motifs is 1. The maximum atomic E-state index is 5.37. The smallest absolute Gasteiger partial charge is 0.144 e. The molecule has 0 saturated heterocycles. The minimum absolute atomic E-state index is 0.872. The van der Waals surface area contributed by atoms with Crippen LogP contribution < -0.4 is 4.74 Å². The summed E-state index contributed by atoms with van der Waals surface area (Å²) < 4.78 is 7.37. The normalized spacial score (nSPS) is 10.9. The van der Waals surface area contributed by atoms with Gasteiger partial charge in [-0.15, -0.1) is 0 Å². The molecule has 3 heteroatoms. The van der Waals surface area contributed by atoms with E-state index in [2.05, 4.69) is 25.0 Å². The van der Waals surface area contributed by atoms with Crippen LogP contribution in [-0.4, -0.2) is 16.9 Å². The van der Waals surface area contributed by atoms with Crippen molar-refractivity contribution in [2.24, 2.45) is 0 Å². The molecule has 0 saturated carbocycles. The molecule has 2 aromatic rings. The Kier molecular flexibility index (Phi) is 2.62. The summed E-state index contributed by atoms with van der Waals surface area (Å²) in [6.45, 7) is 5.09. The molecule has 0 atom stereocenters. The fraction of sp³-hybridized carbons (Fsp3) is 0.417. The highest BCUT2D eigenvalue weighted by Crippen LogP contribution is 2.27. The molecule has 0 aliphatic carbocycles. The van der Waals surface area contributed by atoms with Crippen molar-refractivity contribution < 1.29 is 4.74 Å². The van der Waals surface area contributed by atoms with Gasteiger partial charge in [0.05, 0.1) is 12.8 Å². The van der Waals surface area contributed by atoms with Gasteiger partial charge in [-0.1, -0.05) is 19.1 Å². The number of rotatable bonds is 3. The van der Waals surface area contributed by atoms with Crippen LogP contribution in [0.2, 0.25) is 0 Å². The monoisotopic (exact) mass is 204 g/mol. The lowest BCUT2D eigenvalue weighted by molar-refractivity contribution is 0.416. The Labute approximate surface area is 89.7 Å². The van der Waals surface area contributed by atoms with Gasteiger partial charge in [0.15, 0.2) is 0 Å². The van der Waals surface area contributed by atoms with Crippen LogP contribution in [0.15, 0.2) is 18.2 Å². The van der Waals surface area contributed by atoms with E-state index in [9.17, 15) is 0 Å². The Morgan fingerprint density at radius 1 is 1.33 bits per heavy atom. The van der Waals surface area contributed by atoms with Crippen molar-refractivity contribution in [2.75, 3.05) is 7.11 Å². The quantitative estimate of drug-likeness (QED) is 0.768. The molecule has 0 aliphatic heterocycles. The molecule has 80 valence electrons. The first-order chi connectivity index (χ1) is 7.31. The Morgan fingerprint density at radius 3 is 2.73 bits per heavy atom. The largest absolute Gasteiger partial charge is 0.494 e. The zero-order chi connectivity index (χ0) is 10.8. The lowest BCUT2D eigenvalue weighted by Gasteiger charge is -2.04. The molecule has 0 unspecified atom stereocenters. The van der Waals surface area contributed by atoms with Crippen molar-refractivity contribution in [3.05, 3.63) is 23.9 Å². The van der Waals surface area contributed by atoms with Gasteiger partial charge in [0.25, 0.3) is 0 Å². The first-order valence-corrected chi connectivity index (χ1v) is 5.34. The summed E-state index contributed by atoms with van der Waals surface area (Å²) in [7, 11) is 1.70. The number of para-hydroxylation sites is 1. The lowest BCUT2D eigenvalue weighted by Crippen LogP contribution is -1.98. The minimum atomic E-state index is 0.872. The molecule has 3 nitrogen and oxygen atoms in total. The first kappa shape index (κ1) is 10.0. The van der Waals surface area contributed by atoms with Crippen LogP contribution in [0, 0.1) is 0 Å². The molecule has 0 fully saturated rings. The maximum Gasteiger partial charge on any atom is 0.144 e. The Morgan fingerprint density at radius 2 is 2.13 bits per heavy atom. The number of hydrogen-bond donors (Lipinski definition) is 0. The number of nitrogens with zero attached hydrogens (tertiary/aromatic N) is 2. The molecule has 0 aliphatic rings. The highest BCUT2D eigenvalue weighted by molar-refractivity contribution is 5.87. The molecule has 0 N–H and O–H groups in total. The average molecular weight is 204 g/mol. The predicted molar refractivity (Wildman–Crippen MR) is 61.3 cm³/mol. The second-order valence-electron chi connectivity index (χ2n) is 3.47. The van der Waals surface area contributed by atoms with E-state index in [1.54, 1.807) is 7.11 Å². The molecule has 1 heterocycles. The van der Waals surface area contributed by atoms with Gasteiger partial charge in [0, 0.05) is 11.9 Å². The topological polar surface area (TPSA) is 27.1 Å². The number of benzene rings is 1. The fourth-order valence-corrected chi connectivity index (χ4v) is 1.93. The zero-order valence-corrected chi connectivity index (χ0v) is 9.45. The standard InChI is InChI=1S/C12H16N2O/c1-4-10-9-7-6-8-11(15-3)12(9)14(5-2)13-10/h6-8H,4-5H2,1-3H3. The molecule has 0 spiro atoms. The molecule has 1 aromatic heterocycles. The Bertz CT molecular complexity index is 474. The maximum absolute atomic E-state index is 5.37. The van der Waals surface area contributed by atoms with Crippen LogP contribution in [0.1, 0.15) is 19.5 Å². The van der Waals surface area contributed by atoms with E-state index >= 15 is 0 Å². The van der Waals surface area contributed by atoms with E-state index < -0.39 is 0 Å². The zero-order valence-electron chi connectivity index (χ0n) is 9.45. The second kappa shape index (κ2) is 3.93. The molecule has 0 amide bonds. The number of hydrogen-bond acceptors (Lipinski definition) is 2. The average Bonchev–Trinajstić information content (AvgIpc) is 2.66. The Balaban J connectivity index is 2.78. The molecule has 15 heavy (non-hydrogen) atoms. The van der Waals surface area contributed by atoms with Crippen molar-refractivity contribution in [1.82, 2.24) is 9.78 Å². The number of aryl methyl sites for hydroxylation is 2. The summed E-state index contributed by atoms with van der Waals surface area (Å²) in [5.74, 6) is 0.904. The summed E-state index contributed by atoms with van der Waals surface area (Å²) in [6.07, 6.45) is 0.955. The van der Waals surface area contributed by atoms with Gasteiger partial charge < -0.3 is 4.74 Å². The number of aromatic nitrogens is 2. The van der Waals surface area contributed by atoms with E-state index in [0.29, 0.717) is 0 Å². The van der Waals surface area contributed by atoms with Crippen LogP contribution in [0.25, 0.3) is 10.9 Å². The Hall–Kier alpha value is -1.51. The van der Waals surface area contributed by atoms with Crippen LogP contribution in [0.4, 0.5) is 0 Å². The van der Waals surface area contributed by atoms with E-state index in [-0.39, 0.29) is 0 Å². The highest BCUT2D eigenvalue weighted by Gasteiger charge is 2.11. The molecular formula is C12H16N2O. The summed E-state index contributed by atoms with van der Waals surface area (Å²) in [5, 5.41) is 5.78. The van der Waals surface area contributed by atoms with Gasteiger partial charge in [-0.05, 0) is 19.4 Å². The van der Waals surface area contributed by atoms with Gasteiger partial charge in [0.2, 0.25) is 0 Å². The number of methoxy groups -OCH3 is 1. The van der Waals surface area contributed by atoms with E-state index in [1.165, 1.54) is 5.39 Å². The third kappa shape index (κ3) is 1.48. The van der Waals surface area contributed by atoms with Gasteiger partial charge in [0.1, 0.15) is 11.3 Å². The van der Waals surface area contributed by atoms with Crippen molar-refractivity contribution in [2.45, 2.75) is 26.8 Å². The van der Waals surface area contributed by atoms with Gasteiger partial charge >= 0.3 is 0 Å². The highest BCUT2D eigenvalue weighted by atomic mass is 16.5. The predicted octanol–water partition coefficient (Wildman–Crippen LogP) is 2.63. The molecule has 2 rings (SSSR count). The van der Waals surface area contributed by atoms with Crippen LogP contribution >= 0.6 is 0 Å². The minimum Gasteiger partial charge on any atom is -0.494 e. The van der Waals surface area contributed by atoms with Crippen molar-refractivity contribution in [1.29, 1.82) is 0 Å². The van der Waals surface area contributed by atoms with Crippen molar-refractivity contribution in [3.63, 3.8) is 0 Å². The fourth-order valence-electron chi connectivity index (χ4n) is 1.93. The summed E-state index contributed by atoms with van der Waals surface area (Å²) >= 11 is 0. The van der Waals surface area contributed by atoms with Crippen LogP contribution in [-0.2, 0) is 13.0 Å². The van der Waals surface area contributed by atoms with E-state index in [1.807, 2.05) is 16.8 Å². The van der Waals surface area contributed by atoms with E-state index in [0.717, 1.165) is 29.9 Å². The summed E-state index contributed by atoms with van der Waals surface area (Å²) in [6, 6.07) is 6.10.